The molecule has 21 heavy (non-hydrogen) atoms. The summed E-state index contributed by atoms with van der Waals surface area (Å²) in [4.78, 5) is 22.2. The zero-order valence-corrected chi connectivity index (χ0v) is 12.8. The molecule has 0 aliphatic rings. The first-order valence-corrected chi connectivity index (χ1v) is 6.86. The second-order valence-electron chi connectivity index (χ2n) is 4.12. The molecule has 108 valence electrons. The normalized spacial score (nSPS) is 10.2. The molecule has 2 aromatic rings. The van der Waals surface area contributed by atoms with Crippen molar-refractivity contribution in [3.8, 4) is 0 Å². The fourth-order valence-electron chi connectivity index (χ4n) is 1.65. The Morgan fingerprint density at radius 2 is 2.00 bits per heavy atom. The van der Waals surface area contributed by atoms with Gasteiger partial charge in [0.1, 0.15) is 5.02 Å². The van der Waals surface area contributed by atoms with Crippen molar-refractivity contribution in [1.82, 2.24) is 0 Å². The lowest BCUT2D eigenvalue weighted by molar-refractivity contribution is -0.384. The molecule has 0 aliphatic carbocycles. The molecule has 0 fully saturated rings. The lowest BCUT2D eigenvalue weighted by Crippen LogP contribution is -2.13. The average molecular weight is 371 g/mol. The Bertz CT molecular complexity index is 737. The summed E-state index contributed by atoms with van der Waals surface area (Å²) in [5.41, 5.74) is 6.57. The van der Waals surface area contributed by atoms with Gasteiger partial charge < -0.3 is 11.1 Å². The highest BCUT2D eigenvalue weighted by molar-refractivity contribution is 9.10. The molecule has 2 rings (SSSR count). The topological polar surface area (TPSA) is 98.3 Å². The highest BCUT2D eigenvalue weighted by Gasteiger charge is 2.15. The number of nitrogens with two attached hydrogens (primary N) is 1. The maximum absolute atomic E-state index is 12.1. The lowest BCUT2D eigenvalue weighted by Gasteiger charge is -2.08. The van der Waals surface area contributed by atoms with Crippen molar-refractivity contribution >= 4 is 50.5 Å². The minimum atomic E-state index is -0.595. The predicted molar refractivity (Wildman–Crippen MR) is 84.6 cm³/mol. The Hall–Kier alpha value is -2.12. The third kappa shape index (κ3) is 3.50. The van der Waals surface area contributed by atoms with Crippen LogP contribution in [-0.2, 0) is 0 Å². The summed E-state index contributed by atoms with van der Waals surface area (Å²) < 4.78 is 0.585. The number of halogens is 2. The quantitative estimate of drug-likeness (QED) is 0.487. The van der Waals surface area contributed by atoms with Crippen LogP contribution >= 0.6 is 27.5 Å². The van der Waals surface area contributed by atoms with E-state index in [1.165, 1.54) is 24.3 Å². The Kier molecular flexibility index (Phi) is 4.44. The smallest absolute Gasteiger partial charge is 0.288 e. The van der Waals surface area contributed by atoms with E-state index in [-0.39, 0.29) is 10.7 Å². The first kappa shape index (κ1) is 15.3. The van der Waals surface area contributed by atoms with E-state index in [9.17, 15) is 14.9 Å². The van der Waals surface area contributed by atoms with E-state index in [0.717, 1.165) is 0 Å². The molecule has 0 heterocycles. The number of nitrogens with zero attached hydrogens (tertiary/aromatic N) is 1. The number of nitro groups is 1. The van der Waals surface area contributed by atoms with Crippen LogP contribution in [0.4, 0.5) is 17.1 Å². The minimum Gasteiger partial charge on any atom is -0.399 e. The molecule has 0 spiro atoms. The van der Waals surface area contributed by atoms with E-state index in [1.54, 1.807) is 12.1 Å². The molecule has 8 heteroatoms. The highest BCUT2D eigenvalue weighted by atomic mass is 79.9. The van der Waals surface area contributed by atoms with Gasteiger partial charge in [-0.2, -0.15) is 0 Å². The van der Waals surface area contributed by atoms with Crippen LogP contribution in [0, 0.1) is 10.1 Å². The van der Waals surface area contributed by atoms with Crippen LogP contribution in [0.5, 0.6) is 0 Å². The van der Waals surface area contributed by atoms with E-state index in [2.05, 4.69) is 21.2 Å². The van der Waals surface area contributed by atoms with Crippen LogP contribution in [0.1, 0.15) is 10.4 Å². The number of nitrogens with one attached hydrogen (secondary N) is 1. The van der Waals surface area contributed by atoms with E-state index in [0.29, 0.717) is 21.4 Å². The standard InChI is InChI=1S/C13H9BrClN3O3/c14-10-3-1-7(16)5-9(10)13(19)17-8-2-4-12(18(20)21)11(15)6-8/h1-6H,16H2,(H,17,19). The maximum atomic E-state index is 12.1. The van der Waals surface area contributed by atoms with Gasteiger partial charge in [0, 0.05) is 21.9 Å². The van der Waals surface area contributed by atoms with Gasteiger partial charge in [0.2, 0.25) is 0 Å². The number of hydrogen-bond acceptors (Lipinski definition) is 4. The zero-order chi connectivity index (χ0) is 15.6. The monoisotopic (exact) mass is 369 g/mol. The van der Waals surface area contributed by atoms with Gasteiger partial charge in [-0.1, -0.05) is 11.6 Å². The summed E-state index contributed by atoms with van der Waals surface area (Å²) in [6.45, 7) is 0. The molecule has 0 radical (unpaired) electrons. The Morgan fingerprint density at radius 1 is 1.29 bits per heavy atom. The predicted octanol–water partition coefficient (Wildman–Crippen LogP) is 3.85. The Morgan fingerprint density at radius 3 is 2.62 bits per heavy atom. The summed E-state index contributed by atoms with van der Waals surface area (Å²) >= 11 is 9.05. The first-order chi connectivity index (χ1) is 9.88. The summed E-state index contributed by atoms with van der Waals surface area (Å²) in [6, 6.07) is 8.79. The van der Waals surface area contributed by atoms with Crippen LogP contribution in [0.15, 0.2) is 40.9 Å². The summed E-state index contributed by atoms with van der Waals surface area (Å²) in [6.07, 6.45) is 0. The molecule has 6 nitrogen and oxygen atoms in total. The van der Waals surface area contributed by atoms with Crippen molar-refractivity contribution in [2.75, 3.05) is 11.1 Å². The molecule has 1 amide bonds. The van der Waals surface area contributed by atoms with E-state index in [1.807, 2.05) is 0 Å². The molecule has 0 aliphatic heterocycles. The van der Waals surface area contributed by atoms with Crippen molar-refractivity contribution in [2.24, 2.45) is 0 Å². The van der Waals surface area contributed by atoms with Gasteiger partial charge in [0.25, 0.3) is 11.6 Å². The van der Waals surface area contributed by atoms with Gasteiger partial charge in [-0.25, -0.2) is 0 Å². The molecule has 0 aromatic heterocycles. The number of benzene rings is 2. The third-order valence-electron chi connectivity index (χ3n) is 2.64. The van der Waals surface area contributed by atoms with Crippen molar-refractivity contribution in [1.29, 1.82) is 0 Å². The molecule has 3 N–H and O–H groups in total. The fraction of sp³-hybridized carbons (Fsp3) is 0. The largest absolute Gasteiger partial charge is 0.399 e. The lowest BCUT2D eigenvalue weighted by atomic mass is 10.2. The zero-order valence-electron chi connectivity index (χ0n) is 10.5. The fourth-order valence-corrected chi connectivity index (χ4v) is 2.32. The third-order valence-corrected chi connectivity index (χ3v) is 3.63. The Balaban J connectivity index is 2.26. The van der Waals surface area contributed by atoms with Crippen LogP contribution in [0.3, 0.4) is 0 Å². The van der Waals surface area contributed by atoms with Crippen molar-refractivity contribution in [3.63, 3.8) is 0 Å². The van der Waals surface area contributed by atoms with Gasteiger partial charge in [-0.05, 0) is 46.3 Å². The second kappa shape index (κ2) is 6.11. The molecule has 0 atom stereocenters. The Labute approximate surface area is 133 Å². The summed E-state index contributed by atoms with van der Waals surface area (Å²) in [7, 11) is 0. The minimum absolute atomic E-state index is 0.0514. The molecule has 0 unspecified atom stereocenters. The number of carbonyl (C=O) groups is 1. The van der Waals surface area contributed by atoms with Gasteiger partial charge in [-0.15, -0.1) is 0 Å². The van der Waals surface area contributed by atoms with Gasteiger partial charge in [-0.3, -0.25) is 14.9 Å². The first-order valence-electron chi connectivity index (χ1n) is 5.69. The summed E-state index contributed by atoms with van der Waals surface area (Å²) in [5, 5.41) is 13.2. The molecule has 0 saturated heterocycles. The highest BCUT2D eigenvalue weighted by Crippen LogP contribution is 2.28. The number of nitro benzene ring substituents is 1. The van der Waals surface area contributed by atoms with E-state index < -0.39 is 10.8 Å². The molecule has 0 saturated carbocycles. The van der Waals surface area contributed by atoms with Crippen molar-refractivity contribution < 1.29 is 9.72 Å². The number of anilines is 2. The van der Waals surface area contributed by atoms with Gasteiger partial charge in [0.15, 0.2) is 0 Å². The maximum Gasteiger partial charge on any atom is 0.288 e. The van der Waals surface area contributed by atoms with Crippen molar-refractivity contribution in [3.05, 3.63) is 61.6 Å². The average Bonchev–Trinajstić information content (AvgIpc) is 2.41. The number of rotatable bonds is 3. The number of carbonyl (C=O) groups excluding carboxylic acids is 1. The second-order valence-corrected chi connectivity index (χ2v) is 5.38. The van der Waals surface area contributed by atoms with Gasteiger partial charge >= 0.3 is 0 Å². The molecular formula is C13H9BrClN3O3. The molecule has 2 aromatic carbocycles. The number of hydrogen-bond donors (Lipinski definition) is 2. The SMILES string of the molecule is Nc1ccc(Br)c(C(=O)Nc2ccc([N+](=O)[O-])c(Cl)c2)c1. The van der Waals surface area contributed by atoms with Crippen LogP contribution in [0.25, 0.3) is 0 Å². The van der Waals surface area contributed by atoms with Crippen molar-refractivity contribution in [2.45, 2.75) is 0 Å². The van der Waals surface area contributed by atoms with Gasteiger partial charge in [0.05, 0.1) is 10.5 Å². The number of amides is 1. The van der Waals surface area contributed by atoms with Crippen LogP contribution < -0.4 is 11.1 Å². The van der Waals surface area contributed by atoms with Crippen LogP contribution in [0.2, 0.25) is 5.02 Å². The summed E-state index contributed by atoms with van der Waals surface area (Å²) in [5.74, 6) is -0.404. The molecule has 0 bridgehead atoms. The van der Waals surface area contributed by atoms with E-state index in [4.69, 9.17) is 17.3 Å². The van der Waals surface area contributed by atoms with E-state index >= 15 is 0 Å². The molecular weight excluding hydrogens is 362 g/mol. The van der Waals surface area contributed by atoms with Crippen LogP contribution in [-0.4, -0.2) is 10.8 Å². The number of nitrogen functional groups attached to an aromatic ring is 1.